The normalized spacial score (nSPS) is 28.8. The molecule has 1 N–H and O–H groups in total. The maximum Gasteiger partial charge on any atom is 0.242 e. The van der Waals surface area contributed by atoms with E-state index in [1.165, 1.54) is 18.1 Å². The Balaban J connectivity index is 1.16. The molecule has 0 bridgehead atoms. The van der Waals surface area contributed by atoms with Gasteiger partial charge in [0.2, 0.25) is 23.6 Å². The van der Waals surface area contributed by atoms with Crippen LogP contribution >= 0.6 is 22.9 Å². The number of hydrogen-bond donors (Lipinski definition) is 1. The number of allylic oxidation sites excluding steroid dienone is 2. The monoisotopic (exact) mass is 752 g/mol. The van der Waals surface area contributed by atoms with Gasteiger partial charge in [0.15, 0.2) is 0 Å². The first-order valence-corrected chi connectivity index (χ1v) is 19.7. The number of hydrogen-bond acceptors (Lipinski definition) is 8. The van der Waals surface area contributed by atoms with Crippen molar-refractivity contribution in [3.8, 4) is 22.1 Å². The molecule has 10 nitrogen and oxygen atoms in total. The van der Waals surface area contributed by atoms with Crippen LogP contribution in [0.1, 0.15) is 68.9 Å². The zero-order valence-corrected chi connectivity index (χ0v) is 31.7. The summed E-state index contributed by atoms with van der Waals surface area (Å²) in [6, 6.07) is 12.3. The Morgan fingerprint density at radius 2 is 1.75 bits per heavy atom. The number of anilines is 1. The Labute approximate surface area is 316 Å². The van der Waals surface area contributed by atoms with Crippen LogP contribution in [0.15, 0.2) is 54.1 Å². The molecule has 2 aliphatic heterocycles. The van der Waals surface area contributed by atoms with E-state index in [9.17, 15) is 19.5 Å². The number of aromatic nitrogens is 2. The van der Waals surface area contributed by atoms with Gasteiger partial charge in [-0.3, -0.25) is 28.8 Å². The van der Waals surface area contributed by atoms with E-state index in [1.807, 2.05) is 32.0 Å². The summed E-state index contributed by atoms with van der Waals surface area (Å²) in [7, 11) is 3.25. The summed E-state index contributed by atoms with van der Waals surface area (Å²) in [5.74, 6) is -3.18. The molecule has 53 heavy (non-hydrogen) atoms. The fourth-order valence-electron chi connectivity index (χ4n) is 10.5. The van der Waals surface area contributed by atoms with E-state index in [4.69, 9.17) is 21.4 Å². The van der Waals surface area contributed by atoms with Crippen molar-refractivity contribution in [1.82, 2.24) is 14.7 Å². The van der Waals surface area contributed by atoms with Crippen molar-refractivity contribution < 1.29 is 29.0 Å². The number of halogens is 1. The van der Waals surface area contributed by atoms with Crippen LogP contribution in [-0.4, -0.2) is 56.6 Å². The largest absolute Gasteiger partial charge is 0.508 e. The van der Waals surface area contributed by atoms with Crippen LogP contribution in [0, 0.1) is 36.0 Å². The number of ether oxygens (including phenoxy) is 1. The molecule has 2 aromatic heterocycles. The van der Waals surface area contributed by atoms with Gasteiger partial charge in [0.1, 0.15) is 23.0 Å². The van der Waals surface area contributed by atoms with Gasteiger partial charge in [0.05, 0.1) is 35.2 Å². The minimum absolute atomic E-state index is 0.00806. The predicted molar refractivity (Wildman–Crippen MR) is 202 cm³/mol. The molecule has 2 saturated carbocycles. The highest BCUT2D eigenvalue weighted by Crippen LogP contribution is 2.65. The standard InChI is InChI=1S/C41H41ClN4O6S/c1-20-27-16-21(42)10-15-32(27)53-36(20)30-19-33(44(3)43-30)46-38(49)29-18-28-24(35(41(29,2)40(46)51)25-12-11-23(47)17-31(25)52-4)13-14-26-34(28)39(50)45(37(26)48)22-8-6-5-7-9-22/h10-13,15-17,19,22,26,28-29,34-35,47H,5-9,14,18H2,1-4H3/t26-,28+,29-,34-,35+,41+/m0/s1. The topological polar surface area (TPSA) is 122 Å². The number of imide groups is 2. The highest BCUT2D eigenvalue weighted by molar-refractivity contribution is 7.22. The first-order chi connectivity index (χ1) is 25.4. The van der Waals surface area contributed by atoms with Gasteiger partial charge in [-0.05, 0) is 80.7 Å². The SMILES string of the molecule is COc1cc(O)ccc1[C@H]1C2=CC[C@@H]3C(=O)N(C4CCCCC4)C(=O)[C@@H]3[C@@H]2C[C@H]2C(=O)N(c3cc(-c4sc5ccc(Cl)cc5c4C)nn3C)C(=O)[C@@]12C. The van der Waals surface area contributed by atoms with Crippen LogP contribution < -0.4 is 9.64 Å². The maximum absolute atomic E-state index is 15.1. The van der Waals surface area contributed by atoms with E-state index in [0.717, 1.165) is 58.2 Å². The van der Waals surface area contributed by atoms with Crippen molar-refractivity contribution in [3.05, 3.63) is 70.3 Å². The van der Waals surface area contributed by atoms with Gasteiger partial charge in [-0.1, -0.05) is 48.6 Å². The molecule has 12 heteroatoms. The number of phenols is 1. The average molecular weight is 753 g/mol. The number of carbonyl (C=O) groups excluding carboxylic acids is 4. The Morgan fingerprint density at radius 1 is 0.981 bits per heavy atom. The van der Waals surface area contributed by atoms with E-state index in [-0.39, 0.29) is 41.8 Å². The third-order valence-electron chi connectivity index (χ3n) is 13.0. The van der Waals surface area contributed by atoms with E-state index < -0.39 is 35.0 Å². The van der Waals surface area contributed by atoms with Crippen LogP contribution in [0.2, 0.25) is 5.02 Å². The van der Waals surface area contributed by atoms with Gasteiger partial charge in [0, 0.05) is 46.4 Å². The fraction of sp³-hybridized carbons (Fsp3) is 0.439. The molecular weight excluding hydrogens is 712 g/mol. The average Bonchev–Trinajstić information content (AvgIpc) is 3.82. The lowest BCUT2D eigenvalue weighted by Crippen LogP contribution is -2.49. The molecule has 3 aliphatic carbocycles. The van der Waals surface area contributed by atoms with Crippen molar-refractivity contribution in [2.24, 2.45) is 36.1 Å². The third-order valence-corrected chi connectivity index (χ3v) is 14.5. The molecule has 6 atom stereocenters. The molecule has 274 valence electrons. The van der Waals surface area contributed by atoms with Crippen molar-refractivity contribution >= 4 is 62.5 Å². The third kappa shape index (κ3) is 4.85. The van der Waals surface area contributed by atoms with Crippen molar-refractivity contribution in [2.75, 3.05) is 12.0 Å². The number of carbonyl (C=O) groups is 4. The molecular formula is C41H41ClN4O6S. The minimum Gasteiger partial charge on any atom is -0.508 e. The lowest BCUT2D eigenvalue weighted by molar-refractivity contribution is -0.144. The molecule has 0 spiro atoms. The number of thiophene rings is 1. The maximum atomic E-state index is 15.1. The summed E-state index contributed by atoms with van der Waals surface area (Å²) < 4.78 is 8.46. The smallest absolute Gasteiger partial charge is 0.242 e. The zero-order valence-electron chi connectivity index (χ0n) is 30.1. The summed E-state index contributed by atoms with van der Waals surface area (Å²) in [5, 5.41) is 16.9. The second-order valence-electron chi connectivity index (χ2n) is 15.6. The number of fused-ring (bicyclic) bond motifs is 5. The van der Waals surface area contributed by atoms with Gasteiger partial charge in [-0.15, -0.1) is 11.3 Å². The molecule has 9 rings (SSSR count). The van der Waals surface area contributed by atoms with E-state index in [2.05, 4.69) is 6.08 Å². The Kier molecular flexibility index (Phi) is 7.95. The van der Waals surface area contributed by atoms with Crippen molar-refractivity contribution in [3.63, 3.8) is 0 Å². The summed E-state index contributed by atoms with van der Waals surface area (Å²) >= 11 is 7.90. The second-order valence-corrected chi connectivity index (χ2v) is 17.1. The predicted octanol–water partition coefficient (Wildman–Crippen LogP) is 7.54. The number of phenolic OH excluding ortho intramolecular Hbond substituents is 1. The number of amides is 4. The van der Waals surface area contributed by atoms with E-state index in [1.54, 1.807) is 46.2 Å². The lowest BCUT2D eigenvalue weighted by atomic mass is 9.51. The molecule has 0 radical (unpaired) electrons. The molecule has 5 aliphatic rings. The van der Waals surface area contributed by atoms with Gasteiger partial charge >= 0.3 is 0 Å². The Morgan fingerprint density at radius 3 is 2.51 bits per heavy atom. The first kappa shape index (κ1) is 34.3. The van der Waals surface area contributed by atoms with Crippen LogP contribution in [0.4, 0.5) is 5.82 Å². The lowest BCUT2D eigenvalue weighted by Gasteiger charge is -2.49. The highest BCUT2D eigenvalue weighted by atomic mass is 35.5. The Bertz CT molecular complexity index is 2290. The highest BCUT2D eigenvalue weighted by Gasteiger charge is 2.68. The van der Waals surface area contributed by atoms with Gasteiger partial charge in [-0.2, -0.15) is 5.10 Å². The fourth-order valence-corrected chi connectivity index (χ4v) is 11.8. The van der Waals surface area contributed by atoms with Crippen molar-refractivity contribution in [2.45, 2.75) is 70.8 Å². The molecule has 2 saturated heterocycles. The molecule has 2 aromatic carbocycles. The number of aromatic hydroxyl groups is 1. The van der Waals surface area contributed by atoms with E-state index >= 15 is 4.79 Å². The number of likely N-dealkylation sites (tertiary alicyclic amines) is 1. The molecule has 4 fully saturated rings. The molecule has 4 aromatic rings. The minimum atomic E-state index is -1.26. The quantitative estimate of drug-likeness (QED) is 0.165. The second kappa shape index (κ2) is 12.3. The zero-order chi connectivity index (χ0) is 37.1. The number of benzene rings is 2. The molecule has 4 amide bonds. The van der Waals surface area contributed by atoms with Gasteiger partial charge in [-0.25, -0.2) is 4.90 Å². The van der Waals surface area contributed by atoms with E-state index in [0.29, 0.717) is 34.3 Å². The van der Waals surface area contributed by atoms with Gasteiger partial charge in [0.25, 0.3) is 0 Å². The van der Waals surface area contributed by atoms with Crippen molar-refractivity contribution in [1.29, 1.82) is 0 Å². The number of rotatable bonds is 5. The summed E-state index contributed by atoms with van der Waals surface area (Å²) in [6.45, 7) is 3.87. The Hall–Kier alpha value is -4.48. The number of methoxy groups -OCH3 is 1. The van der Waals surface area contributed by atoms with Crippen LogP contribution in [0.25, 0.3) is 20.7 Å². The van der Waals surface area contributed by atoms with Crippen LogP contribution in [0.5, 0.6) is 11.5 Å². The number of nitrogens with zero attached hydrogens (tertiary/aromatic N) is 4. The van der Waals surface area contributed by atoms with Gasteiger partial charge < -0.3 is 9.84 Å². The first-order valence-electron chi connectivity index (χ1n) is 18.5. The van der Waals surface area contributed by atoms with Crippen LogP contribution in [0.3, 0.4) is 0 Å². The summed E-state index contributed by atoms with van der Waals surface area (Å²) in [6.07, 6.45) is 7.43. The number of aryl methyl sites for hydroxylation is 2. The van der Waals surface area contributed by atoms with Crippen LogP contribution in [-0.2, 0) is 26.2 Å². The summed E-state index contributed by atoms with van der Waals surface area (Å²) in [5.41, 5.74) is 1.93. The molecule has 0 unspecified atom stereocenters. The molecule has 4 heterocycles. The summed E-state index contributed by atoms with van der Waals surface area (Å²) in [4.78, 5) is 62.3.